The van der Waals surface area contributed by atoms with Crippen molar-refractivity contribution in [3.63, 3.8) is 0 Å². The highest BCUT2D eigenvalue weighted by molar-refractivity contribution is 5.97. The maximum absolute atomic E-state index is 12.9. The Kier molecular flexibility index (Phi) is 4.25. The smallest absolute Gasteiger partial charge is 0.416 e. The molecule has 9 heteroatoms. The van der Waals surface area contributed by atoms with Crippen molar-refractivity contribution in [3.8, 4) is 0 Å². The van der Waals surface area contributed by atoms with Crippen LogP contribution in [0, 0.1) is 6.92 Å². The van der Waals surface area contributed by atoms with Crippen molar-refractivity contribution in [2.24, 2.45) is 0 Å². The molecule has 0 aliphatic carbocycles. The molecule has 1 atom stereocenters. The van der Waals surface area contributed by atoms with Crippen LogP contribution in [0.15, 0.2) is 12.1 Å². The summed E-state index contributed by atoms with van der Waals surface area (Å²) in [5.41, 5.74) is -0.899. The number of carbonyl (C=O) groups excluding carboxylic acids is 2. The Labute approximate surface area is 123 Å². The predicted molar refractivity (Wildman–Crippen MR) is 68.2 cm³/mol. The van der Waals surface area contributed by atoms with E-state index in [0.29, 0.717) is 6.07 Å². The first-order valence-electron chi connectivity index (χ1n) is 6.42. The lowest BCUT2D eigenvalue weighted by atomic mass is 10.2. The number of hydrogen-bond donors (Lipinski definition) is 0. The lowest BCUT2D eigenvalue weighted by Crippen LogP contribution is -2.41. The molecule has 1 aromatic heterocycles. The van der Waals surface area contributed by atoms with Gasteiger partial charge in [-0.25, -0.2) is 19.5 Å². The van der Waals surface area contributed by atoms with Crippen LogP contribution in [-0.4, -0.2) is 36.3 Å². The van der Waals surface area contributed by atoms with Crippen molar-refractivity contribution < 1.29 is 32.2 Å². The molecule has 0 bridgehead atoms. The average molecular weight is 318 g/mol. The number of aromatic nitrogens is 1. The van der Waals surface area contributed by atoms with Gasteiger partial charge in [0.1, 0.15) is 12.4 Å². The summed E-state index contributed by atoms with van der Waals surface area (Å²) in [5, 5.41) is 0. The molecular weight excluding hydrogens is 305 g/mol. The first-order valence-corrected chi connectivity index (χ1v) is 6.42. The summed E-state index contributed by atoms with van der Waals surface area (Å²) in [5.74, 6) is -1.06. The van der Waals surface area contributed by atoms with Gasteiger partial charge >= 0.3 is 18.2 Å². The number of esters is 1. The minimum Gasteiger partial charge on any atom is -0.464 e. The number of amides is 1. The van der Waals surface area contributed by atoms with E-state index in [1.807, 2.05) is 0 Å². The van der Waals surface area contributed by atoms with Crippen molar-refractivity contribution >= 4 is 17.9 Å². The fourth-order valence-electron chi connectivity index (χ4n) is 2.02. The largest absolute Gasteiger partial charge is 0.464 e. The van der Waals surface area contributed by atoms with E-state index >= 15 is 0 Å². The van der Waals surface area contributed by atoms with Gasteiger partial charge in [-0.2, -0.15) is 13.2 Å². The zero-order valence-electron chi connectivity index (χ0n) is 11.8. The maximum Gasteiger partial charge on any atom is 0.416 e. The number of pyridine rings is 1. The number of hydrogen-bond acceptors (Lipinski definition) is 5. The first kappa shape index (κ1) is 16.1. The number of carbonyl (C=O) groups is 2. The third-order valence-corrected chi connectivity index (χ3v) is 2.95. The zero-order chi connectivity index (χ0) is 16.5. The van der Waals surface area contributed by atoms with E-state index in [9.17, 15) is 22.8 Å². The quantitative estimate of drug-likeness (QED) is 0.800. The SMILES string of the molecule is CCOC(=O)[C@@H]1COC(=O)N1c1cc(C(F)(F)F)cc(C)n1. The van der Waals surface area contributed by atoms with Crippen molar-refractivity contribution in [3.05, 3.63) is 23.4 Å². The number of ether oxygens (including phenoxy) is 2. The molecule has 1 aromatic rings. The lowest BCUT2D eigenvalue weighted by molar-refractivity contribution is -0.144. The molecule has 1 aliphatic heterocycles. The molecule has 1 aliphatic rings. The second-order valence-electron chi connectivity index (χ2n) is 4.57. The monoisotopic (exact) mass is 318 g/mol. The van der Waals surface area contributed by atoms with Crippen LogP contribution >= 0.6 is 0 Å². The minimum absolute atomic E-state index is 0.0622. The number of rotatable bonds is 3. The Bertz CT molecular complexity index is 603. The number of halogens is 3. The van der Waals surface area contributed by atoms with Gasteiger partial charge in [-0.1, -0.05) is 0 Å². The van der Waals surface area contributed by atoms with E-state index in [-0.39, 0.29) is 24.7 Å². The average Bonchev–Trinajstić information content (AvgIpc) is 2.79. The summed E-state index contributed by atoms with van der Waals surface area (Å²) in [6, 6.07) is 0.402. The molecule has 0 spiro atoms. The fraction of sp³-hybridized carbons (Fsp3) is 0.462. The molecule has 2 heterocycles. The van der Waals surface area contributed by atoms with E-state index in [2.05, 4.69) is 4.98 Å². The molecule has 0 saturated carbocycles. The lowest BCUT2D eigenvalue weighted by Gasteiger charge is -2.20. The molecule has 0 aromatic carbocycles. The molecule has 120 valence electrons. The second kappa shape index (κ2) is 5.82. The van der Waals surface area contributed by atoms with Gasteiger partial charge in [0.15, 0.2) is 6.04 Å². The predicted octanol–water partition coefficient (Wildman–Crippen LogP) is 2.30. The Balaban J connectivity index is 2.42. The topological polar surface area (TPSA) is 68.7 Å². The van der Waals surface area contributed by atoms with E-state index < -0.39 is 29.8 Å². The van der Waals surface area contributed by atoms with Crippen molar-refractivity contribution in [1.82, 2.24) is 4.98 Å². The summed E-state index contributed by atoms with van der Waals surface area (Å²) in [4.78, 5) is 28.2. The van der Waals surface area contributed by atoms with E-state index in [0.717, 1.165) is 11.0 Å². The molecule has 1 fully saturated rings. The number of nitrogens with zero attached hydrogens (tertiary/aromatic N) is 2. The number of aryl methyl sites for hydroxylation is 1. The molecule has 22 heavy (non-hydrogen) atoms. The van der Waals surface area contributed by atoms with Crippen LogP contribution < -0.4 is 4.90 Å². The summed E-state index contributed by atoms with van der Waals surface area (Å²) in [6.45, 7) is 2.72. The highest BCUT2D eigenvalue weighted by Crippen LogP contribution is 2.33. The Morgan fingerprint density at radius 2 is 2.18 bits per heavy atom. The Hall–Kier alpha value is -2.32. The summed E-state index contributed by atoms with van der Waals surface area (Å²) in [7, 11) is 0. The van der Waals surface area contributed by atoms with Gasteiger partial charge in [-0.3, -0.25) is 0 Å². The van der Waals surface area contributed by atoms with Gasteiger partial charge < -0.3 is 9.47 Å². The summed E-state index contributed by atoms with van der Waals surface area (Å²) in [6.07, 6.45) is -5.53. The normalized spacial score (nSPS) is 18.3. The van der Waals surface area contributed by atoms with Crippen LogP contribution in [0.25, 0.3) is 0 Å². The van der Waals surface area contributed by atoms with Crippen molar-refractivity contribution in [2.45, 2.75) is 26.1 Å². The van der Waals surface area contributed by atoms with Crippen LogP contribution in [0.4, 0.5) is 23.8 Å². The number of anilines is 1. The van der Waals surface area contributed by atoms with Crippen LogP contribution in [0.3, 0.4) is 0 Å². The highest BCUT2D eigenvalue weighted by Gasteiger charge is 2.42. The standard InChI is InChI=1S/C13H13F3N2O4/c1-3-21-11(19)9-6-22-12(20)18(9)10-5-8(13(14,15)16)4-7(2)17-10/h4-5,9H,3,6H2,1-2H3/t9-/m0/s1. The van der Waals surface area contributed by atoms with Crippen LogP contribution in [-0.2, 0) is 20.4 Å². The summed E-state index contributed by atoms with van der Waals surface area (Å²) < 4.78 is 48.1. The zero-order valence-corrected chi connectivity index (χ0v) is 11.8. The van der Waals surface area contributed by atoms with E-state index in [4.69, 9.17) is 9.47 Å². The van der Waals surface area contributed by atoms with Gasteiger partial charge in [0.25, 0.3) is 0 Å². The first-order chi connectivity index (χ1) is 10.2. The van der Waals surface area contributed by atoms with Gasteiger partial charge in [-0.15, -0.1) is 0 Å². The molecule has 0 radical (unpaired) electrons. The number of cyclic esters (lactones) is 1. The highest BCUT2D eigenvalue weighted by atomic mass is 19.4. The second-order valence-corrected chi connectivity index (χ2v) is 4.57. The van der Waals surface area contributed by atoms with Gasteiger partial charge in [0, 0.05) is 5.69 Å². The van der Waals surface area contributed by atoms with Crippen molar-refractivity contribution in [2.75, 3.05) is 18.1 Å². The van der Waals surface area contributed by atoms with Crippen molar-refractivity contribution in [1.29, 1.82) is 0 Å². The molecule has 0 N–H and O–H groups in total. The van der Waals surface area contributed by atoms with Crippen LogP contribution in [0.1, 0.15) is 18.2 Å². The third-order valence-electron chi connectivity index (χ3n) is 2.95. The Morgan fingerprint density at radius 1 is 1.50 bits per heavy atom. The molecule has 6 nitrogen and oxygen atoms in total. The van der Waals surface area contributed by atoms with Gasteiger partial charge in [0.05, 0.1) is 12.2 Å². The third kappa shape index (κ3) is 3.12. The fourth-order valence-corrected chi connectivity index (χ4v) is 2.02. The molecule has 1 amide bonds. The van der Waals surface area contributed by atoms with E-state index in [1.54, 1.807) is 6.92 Å². The minimum atomic E-state index is -4.59. The van der Waals surface area contributed by atoms with Gasteiger partial charge in [-0.05, 0) is 26.0 Å². The molecule has 2 rings (SSSR count). The maximum atomic E-state index is 12.9. The number of alkyl halides is 3. The molecule has 1 saturated heterocycles. The Morgan fingerprint density at radius 3 is 2.77 bits per heavy atom. The van der Waals surface area contributed by atoms with Gasteiger partial charge in [0.2, 0.25) is 0 Å². The molecule has 0 unspecified atom stereocenters. The van der Waals surface area contributed by atoms with Crippen LogP contribution in [0.5, 0.6) is 0 Å². The summed E-state index contributed by atoms with van der Waals surface area (Å²) >= 11 is 0. The van der Waals surface area contributed by atoms with E-state index in [1.165, 1.54) is 6.92 Å². The van der Waals surface area contributed by atoms with Crippen LogP contribution in [0.2, 0.25) is 0 Å². The molecular formula is C13H13F3N2O4.